The molecule has 4 aromatic heterocycles. The van der Waals surface area contributed by atoms with Gasteiger partial charge in [0, 0.05) is 29.2 Å². The minimum Gasteiger partial charge on any atom is -0.322 e. The van der Waals surface area contributed by atoms with Crippen LogP contribution in [0.1, 0.15) is 34.8 Å². The lowest BCUT2D eigenvalue weighted by Gasteiger charge is -2.35. The standard InChI is InChI=1S/C24H20F3N9O/c1-13-2-3-15(22-32-34-36(33-22)18-8-17(9-18)24(25,26)27)6-20(13)31-23(37)19-12-30-35-5-4-14(7-21(19)35)16-10-28-29-11-16/h2-7,10-12,17-18H,8-9H2,1H3,(H,28,29)(H,31,37). The van der Waals surface area contributed by atoms with Gasteiger partial charge in [-0.15, -0.1) is 10.2 Å². The summed E-state index contributed by atoms with van der Waals surface area (Å²) < 4.78 is 40.0. The topological polar surface area (TPSA) is 119 Å². The van der Waals surface area contributed by atoms with Gasteiger partial charge in [0.1, 0.15) is 0 Å². The highest BCUT2D eigenvalue weighted by atomic mass is 19.4. The van der Waals surface area contributed by atoms with Crippen LogP contribution in [0.5, 0.6) is 0 Å². The molecule has 0 radical (unpaired) electrons. The number of halogens is 3. The lowest BCUT2D eigenvalue weighted by molar-refractivity contribution is -0.203. The Bertz CT molecular complexity index is 1600. The smallest absolute Gasteiger partial charge is 0.322 e. The molecular formula is C24H20F3N9O. The van der Waals surface area contributed by atoms with Gasteiger partial charge in [0.2, 0.25) is 5.82 Å². The van der Waals surface area contributed by atoms with Crippen LogP contribution in [0.15, 0.2) is 55.1 Å². The van der Waals surface area contributed by atoms with E-state index in [1.165, 1.54) is 11.0 Å². The lowest BCUT2D eigenvalue weighted by atomic mass is 9.80. The molecule has 0 bridgehead atoms. The fourth-order valence-corrected chi connectivity index (χ4v) is 4.37. The Morgan fingerprint density at radius 2 is 1.95 bits per heavy atom. The van der Waals surface area contributed by atoms with E-state index in [0.29, 0.717) is 22.3 Å². The molecule has 13 heteroatoms. The number of pyridine rings is 1. The average Bonchev–Trinajstić information content (AvgIpc) is 3.59. The zero-order valence-electron chi connectivity index (χ0n) is 19.4. The van der Waals surface area contributed by atoms with Crippen LogP contribution in [0.2, 0.25) is 0 Å². The molecule has 6 rings (SSSR count). The van der Waals surface area contributed by atoms with Crippen molar-refractivity contribution in [2.45, 2.75) is 32.0 Å². The molecule has 1 fully saturated rings. The molecule has 0 spiro atoms. The normalized spacial score (nSPS) is 17.6. The first-order valence-electron chi connectivity index (χ1n) is 11.5. The van der Waals surface area contributed by atoms with E-state index in [9.17, 15) is 18.0 Å². The summed E-state index contributed by atoms with van der Waals surface area (Å²) in [6.45, 7) is 1.85. The molecule has 0 saturated heterocycles. The third kappa shape index (κ3) is 4.21. The van der Waals surface area contributed by atoms with E-state index in [-0.39, 0.29) is 24.6 Å². The van der Waals surface area contributed by atoms with Gasteiger partial charge in [0.15, 0.2) is 0 Å². The molecule has 0 unspecified atom stereocenters. The van der Waals surface area contributed by atoms with E-state index in [4.69, 9.17) is 0 Å². The number of nitrogens with one attached hydrogen (secondary N) is 2. The van der Waals surface area contributed by atoms with Crippen LogP contribution >= 0.6 is 0 Å². The number of hydrogen-bond acceptors (Lipinski definition) is 6. The maximum atomic E-state index is 13.2. The molecule has 5 aromatic rings. The predicted molar refractivity (Wildman–Crippen MR) is 127 cm³/mol. The highest BCUT2D eigenvalue weighted by Gasteiger charge is 2.49. The number of tetrazole rings is 1. The number of carbonyl (C=O) groups excluding carboxylic acids is 1. The average molecular weight is 507 g/mol. The number of aryl methyl sites for hydroxylation is 1. The molecule has 188 valence electrons. The third-order valence-corrected chi connectivity index (χ3v) is 6.67. The van der Waals surface area contributed by atoms with E-state index in [2.05, 4.69) is 36.0 Å². The van der Waals surface area contributed by atoms with Crippen LogP contribution in [0.4, 0.5) is 18.9 Å². The maximum Gasteiger partial charge on any atom is 0.391 e. The third-order valence-electron chi connectivity index (χ3n) is 6.67. The number of alkyl halides is 3. The Morgan fingerprint density at radius 3 is 2.70 bits per heavy atom. The van der Waals surface area contributed by atoms with Crippen molar-refractivity contribution in [1.82, 2.24) is 40.0 Å². The van der Waals surface area contributed by atoms with E-state index in [1.807, 2.05) is 25.1 Å². The minimum atomic E-state index is -4.20. The summed E-state index contributed by atoms with van der Waals surface area (Å²) in [7, 11) is 0. The number of benzene rings is 1. The Hall–Kier alpha value is -4.55. The lowest BCUT2D eigenvalue weighted by Crippen LogP contribution is -2.37. The summed E-state index contributed by atoms with van der Waals surface area (Å²) in [4.78, 5) is 14.5. The van der Waals surface area contributed by atoms with Crippen molar-refractivity contribution in [3.05, 3.63) is 66.2 Å². The zero-order chi connectivity index (χ0) is 25.7. The van der Waals surface area contributed by atoms with Gasteiger partial charge < -0.3 is 5.32 Å². The van der Waals surface area contributed by atoms with Crippen LogP contribution in [0, 0.1) is 12.8 Å². The highest BCUT2D eigenvalue weighted by Crippen LogP contribution is 2.46. The van der Waals surface area contributed by atoms with Gasteiger partial charge in [0.25, 0.3) is 5.91 Å². The number of anilines is 1. The summed E-state index contributed by atoms with van der Waals surface area (Å²) in [5, 5.41) is 26.2. The fraction of sp³-hybridized carbons (Fsp3) is 0.250. The molecule has 0 atom stereocenters. The quantitative estimate of drug-likeness (QED) is 0.363. The van der Waals surface area contributed by atoms with Gasteiger partial charge in [-0.05, 0) is 54.3 Å². The number of H-pyrrole nitrogens is 1. The first-order valence-corrected chi connectivity index (χ1v) is 11.5. The van der Waals surface area contributed by atoms with E-state index in [0.717, 1.165) is 16.7 Å². The molecular weight excluding hydrogens is 487 g/mol. The molecule has 1 aromatic carbocycles. The van der Waals surface area contributed by atoms with Crippen molar-refractivity contribution < 1.29 is 18.0 Å². The number of amides is 1. The zero-order valence-corrected chi connectivity index (χ0v) is 19.4. The second kappa shape index (κ2) is 8.54. The number of rotatable bonds is 5. The molecule has 1 aliphatic carbocycles. The number of hydrogen-bond donors (Lipinski definition) is 2. The summed E-state index contributed by atoms with van der Waals surface area (Å²) in [6, 6.07) is 8.62. The van der Waals surface area contributed by atoms with Crippen LogP contribution in [0.3, 0.4) is 0 Å². The van der Waals surface area contributed by atoms with Crippen LogP contribution in [-0.2, 0) is 0 Å². The second-order valence-electron chi connectivity index (χ2n) is 9.07. The summed E-state index contributed by atoms with van der Waals surface area (Å²) >= 11 is 0. The van der Waals surface area contributed by atoms with Crippen molar-refractivity contribution in [3.8, 4) is 22.5 Å². The summed E-state index contributed by atoms with van der Waals surface area (Å²) in [5.74, 6) is -1.40. The van der Waals surface area contributed by atoms with Crippen LogP contribution in [-0.4, -0.2) is 52.1 Å². The van der Waals surface area contributed by atoms with Crippen molar-refractivity contribution in [1.29, 1.82) is 0 Å². The van der Waals surface area contributed by atoms with Crippen molar-refractivity contribution in [3.63, 3.8) is 0 Å². The first kappa shape index (κ1) is 22.9. The van der Waals surface area contributed by atoms with Gasteiger partial charge >= 0.3 is 6.18 Å². The molecule has 37 heavy (non-hydrogen) atoms. The van der Waals surface area contributed by atoms with Crippen molar-refractivity contribution in [2.24, 2.45) is 5.92 Å². The van der Waals surface area contributed by atoms with Crippen LogP contribution in [0.25, 0.3) is 28.0 Å². The molecule has 2 N–H and O–H groups in total. The molecule has 1 saturated carbocycles. The Morgan fingerprint density at radius 1 is 1.11 bits per heavy atom. The molecule has 0 aliphatic heterocycles. The van der Waals surface area contributed by atoms with Gasteiger partial charge in [0.05, 0.1) is 35.4 Å². The second-order valence-corrected chi connectivity index (χ2v) is 9.07. The monoisotopic (exact) mass is 507 g/mol. The minimum absolute atomic E-state index is 0.0591. The van der Waals surface area contributed by atoms with E-state index >= 15 is 0 Å². The number of nitrogens with zero attached hydrogens (tertiary/aromatic N) is 7. The number of aromatic amines is 1. The van der Waals surface area contributed by atoms with Gasteiger partial charge in [-0.3, -0.25) is 9.89 Å². The first-order chi connectivity index (χ1) is 17.8. The number of aromatic nitrogens is 8. The molecule has 4 heterocycles. The van der Waals surface area contributed by atoms with Gasteiger partial charge in [-0.1, -0.05) is 12.1 Å². The molecule has 1 aliphatic rings. The highest BCUT2D eigenvalue weighted by molar-refractivity contribution is 6.09. The molecule has 1 amide bonds. The number of fused-ring (bicyclic) bond motifs is 1. The van der Waals surface area contributed by atoms with E-state index in [1.54, 1.807) is 35.2 Å². The Labute approximate surface area is 207 Å². The molecule has 10 nitrogen and oxygen atoms in total. The SMILES string of the molecule is Cc1ccc(-c2nnn(C3CC(C(F)(F)F)C3)n2)cc1NC(=O)c1cnn2ccc(-c3cn[nH]c3)cc12. The maximum absolute atomic E-state index is 13.2. The van der Waals surface area contributed by atoms with E-state index < -0.39 is 18.1 Å². The van der Waals surface area contributed by atoms with Gasteiger partial charge in [-0.2, -0.15) is 28.2 Å². The van der Waals surface area contributed by atoms with Crippen LogP contribution < -0.4 is 5.32 Å². The predicted octanol–water partition coefficient (Wildman–Crippen LogP) is 4.45. The summed E-state index contributed by atoms with van der Waals surface area (Å²) in [6.07, 6.45) is 2.41. The Kier molecular flexibility index (Phi) is 5.28. The largest absolute Gasteiger partial charge is 0.391 e. The number of carbonyl (C=O) groups is 1. The summed E-state index contributed by atoms with van der Waals surface area (Å²) in [5.41, 5.74) is 4.74. The van der Waals surface area contributed by atoms with Gasteiger partial charge in [-0.25, -0.2) is 4.52 Å². The van der Waals surface area contributed by atoms with Crippen molar-refractivity contribution in [2.75, 3.05) is 5.32 Å². The Balaban J connectivity index is 1.22. The van der Waals surface area contributed by atoms with Crippen molar-refractivity contribution >= 4 is 17.1 Å². The fourth-order valence-electron chi connectivity index (χ4n) is 4.37.